The molecule has 0 saturated carbocycles. The van der Waals surface area contributed by atoms with Crippen LogP contribution in [-0.2, 0) is 4.74 Å². The van der Waals surface area contributed by atoms with Crippen LogP contribution in [0.4, 0.5) is 5.69 Å². The number of rotatable bonds is 8. The predicted octanol–water partition coefficient (Wildman–Crippen LogP) is 3.27. The number of nitro benzene ring substituents is 1. The summed E-state index contributed by atoms with van der Waals surface area (Å²) in [5.74, 6) is 0.339. The van der Waals surface area contributed by atoms with Crippen LogP contribution in [0, 0.1) is 16.0 Å². The van der Waals surface area contributed by atoms with Gasteiger partial charge in [-0.2, -0.15) is 0 Å². The van der Waals surface area contributed by atoms with Gasteiger partial charge in [-0.05, 0) is 0 Å². The fraction of sp³-hybridized carbons (Fsp3) is 0.412. The van der Waals surface area contributed by atoms with E-state index < -0.39 is 0 Å². The monoisotopic (exact) mass is 367 g/mol. The normalized spacial score (nSPS) is 21.7. The molecule has 1 aliphatic heterocycles. The van der Waals surface area contributed by atoms with Crippen LogP contribution in [0.3, 0.4) is 0 Å². The third-order valence-corrected chi connectivity index (χ3v) is 5.90. The van der Waals surface area contributed by atoms with Crippen LogP contribution in [0.2, 0.25) is 5.32 Å². The van der Waals surface area contributed by atoms with E-state index in [1.165, 1.54) is 0 Å². The number of nitro groups is 1. The molecule has 2 rings (SSSR count). The molecule has 0 amide bonds. The molecule has 0 unspecified atom stereocenters. The quantitative estimate of drug-likeness (QED) is 0.233. The van der Waals surface area contributed by atoms with Crippen LogP contribution in [0.1, 0.15) is 20.3 Å². The number of hydrogen-bond donors (Lipinski definition) is 0. The van der Waals surface area contributed by atoms with Crippen molar-refractivity contribution in [1.29, 1.82) is 0 Å². The summed E-state index contributed by atoms with van der Waals surface area (Å²) in [7, 11) is 0. The third kappa shape index (κ3) is 4.29. The van der Waals surface area contributed by atoms with E-state index in [9.17, 15) is 10.1 Å². The second-order valence-corrected chi connectivity index (χ2v) is 7.97. The Morgan fingerprint density at radius 1 is 1.59 bits per heavy atom. The number of hydrogen-bond acceptors (Lipinski definition) is 3. The van der Waals surface area contributed by atoms with E-state index in [0.717, 1.165) is 28.4 Å². The van der Waals surface area contributed by atoms with Crippen molar-refractivity contribution < 1.29 is 9.66 Å². The van der Waals surface area contributed by atoms with E-state index >= 15 is 0 Å². The van der Waals surface area contributed by atoms with Crippen molar-refractivity contribution >= 4 is 25.1 Å². The summed E-state index contributed by atoms with van der Waals surface area (Å²) in [6, 6.07) is 6.99. The summed E-state index contributed by atoms with van der Waals surface area (Å²) < 4.78 is 6.48. The first kappa shape index (κ1) is 16.9. The molecule has 1 aromatic carbocycles. The molecule has 2 atom stereocenters. The summed E-state index contributed by atoms with van der Waals surface area (Å²) in [6.07, 6.45) is 5.20. The Hall–Kier alpha value is -1.42. The molecular formula is C17H21NO3Se. The molecule has 1 aliphatic rings. The second-order valence-electron chi connectivity index (χ2n) is 5.74. The Bertz CT molecular complexity index is 593. The van der Waals surface area contributed by atoms with Crippen molar-refractivity contribution in [1.82, 2.24) is 0 Å². The van der Waals surface area contributed by atoms with Gasteiger partial charge in [0.1, 0.15) is 0 Å². The molecule has 0 N–H and O–H groups in total. The SMILES string of the molecule is C=C(C)C[C@]1([C@H](C)/C=C/C[Se]c2ccccc2[N+](=O)[O-])CO1. The van der Waals surface area contributed by atoms with Gasteiger partial charge in [-0.15, -0.1) is 0 Å². The Balaban J connectivity index is 1.89. The second kappa shape index (κ2) is 7.23. The van der Waals surface area contributed by atoms with Gasteiger partial charge in [-0.1, -0.05) is 0 Å². The van der Waals surface area contributed by atoms with Crippen LogP contribution in [0.15, 0.2) is 48.6 Å². The van der Waals surface area contributed by atoms with Crippen LogP contribution < -0.4 is 4.46 Å². The first-order valence-electron chi connectivity index (χ1n) is 7.26. The van der Waals surface area contributed by atoms with E-state index in [-0.39, 0.29) is 31.2 Å². The van der Waals surface area contributed by atoms with Crippen molar-refractivity contribution in [3.05, 3.63) is 58.7 Å². The van der Waals surface area contributed by atoms with Crippen molar-refractivity contribution in [2.45, 2.75) is 31.2 Å². The molecular weight excluding hydrogens is 345 g/mol. The van der Waals surface area contributed by atoms with Crippen molar-refractivity contribution in [2.75, 3.05) is 6.61 Å². The van der Waals surface area contributed by atoms with Crippen LogP contribution in [-0.4, -0.2) is 32.1 Å². The molecule has 0 spiro atoms. The van der Waals surface area contributed by atoms with Gasteiger partial charge in [0.2, 0.25) is 0 Å². The molecule has 22 heavy (non-hydrogen) atoms. The zero-order valence-electron chi connectivity index (χ0n) is 13.0. The third-order valence-electron chi connectivity index (χ3n) is 3.77. The van der Waals surface area contributed by atoms with Crippen molar-refractivity contribution in [3.8, 4) is 0 Å². The van der Waals surface area contributed by atoms with E-state index in [4.69, 9.17) is 4.74 Å². The number of nitrogens with zero attached hydrogens (tertiary/aromatic N) is 1. The zero-order chi connectivity index (χ0) is 16.2. The summed E-state index contributed by atoms with van der Waals surface area (Å²) in [5, 5.41) is 11.8. The Kier molecular flexibility index (Phi) is 5.57. The van der Waals surface area contributed by atoms with Crippen LogP contribution in [0.25, 0.3) is 0 Å². The molecule has 0 aliphatic carbocycles. The molecule has 0 bridgehead atoms. The van der Waals surface area contributed by atoms with Crippen molar-refractivity contribution in [2.24, 2.45) is 5.92 Å². The van der Waals surface area contributed by atoms with Gasteiger partial charge in [-0.25, -0.2) is 0 Å². The maximum absolute atomic E-state index is 11.0. The van der Waals surface area contributed by atoms with E-state index in [1.54, 1.807) is 12.1 Å². The number of epoxide rings is 1. The number of ether oxygens (including phenoxy) is 1. The minimum absolute atomic E-state index is 0.0614. The van der Waals surface area contributed by atoms with Gasteiger partial charge in [0, 0.05) is 0 Å². The van der Waals surface area contributed by atoms with Crippen LogP contribution in [0.5, 0.6) is 0 Å². The van der Waals surface area contributed by atoms with Crippen molar-refractivity contribution in [3.63, 3.8) is 0 Å². The molecule has 4 nitrogen and oxygen atoms in total. The standard InChI is InChI=1S/C17H21NO3Se/c1-13(2)11-17(12-21-17)14(3)7-6-10-22-16-9-5-4-8-15(16)18(19)20/h4-9,14H,1,10-12H2,2-3H3/b7-6+/t14-,17-/m1/s1. The molecule has 118 valence electrons. The molecule has 5 heteroatoms. The molecule has 1 fully saturated rings. The fourth-order valence-electron chi connectivity index (χ4n) is 2.43. The van der Waals surface area contributed by atoms with Gasteiger partial charge < -0.3 is 0 Å². The molecule has 1 aromatic rings. The van der Waals surface area contributed by atoms with E-state index in [2.05, 4.69) is 25.7 Å². The maximum atomic E-state index is 11.0. The Morgan fingerprint density at radius 2 is 2.27 bits per heavy atom. The summed E-state index contributed by atoms with van der Waals surface area (Å²) in [4.78, 5) is 10.7. The first-order chi connectivity index (χ1) is 10.4. The van der Waals surface area contributed by atoms with Crippen LogP contribution >= 0.6 is 0 Å². The number of para-hydroxylation sites is 1. The Morgan fingerprint density at radius 3 is 2.86 bits per heavy atom. The molecule has 0 aromatic heterocycles. The summed E-state index contributed by atoms with van der Waals surface area (Å²) >= 11 is 0.0752. The first-order valence-corrected chi connectivity index (χ1v) is 9.32. The average molecular weight is 366 g/mol. The Labute approximate surface area is 137 Å². The minimum atomic E-state index is -0.302. The average Bonchev–Trinajstić information content (AvgIpc) is 3.23. The topological polar surface area (TPSA) is 55.7 Å². The van der Waals surface area contributed by atoms with Gasteiger partial charge in [-0.3, -0.25) is 0 Å². The van der Waals surface area contributed by atoms with Gasteiger partial charge in [0.05, 0.1) is 0 Å². The van der Waals surface area contributed by atoms with E-state index in [0.29, 0.717) is 5.92 Å². The van der Waals surface area contributed by atoms with Gasteiger partial charge >= 0.3 is 137 Å². The molecule has 0 radical (unpaired) electrons. The molecule has 1 heterocycles. The fourth-order valence-corrected chi connectivity index (χ4v) is 4.22. The van der Waals surface area contributed by atoms with Gasteiger partial charge in [0.15, 0.2) is 0 Å². The molecule has 1 saturated heterocycles. The summed E-state index contributed by atoms with van der Waals surface area (Å²) in [5.41, 5.74) is 1.31. The summed E-state index contributed by atoms with van der Waals surface area (Å²) in [6.45, 7) is 8.93. The number of benzene rings is 1. The predicted molar refractivity (Wildman–Crippen MR) is 89.7 cm³/mol. The van der Waals surface area contributed by atoms with E-state index in [1.807, 2.05) is 19.1 Å². The zero-order valence-corrected chi connectivity index (χ0v) is 14.7. The number of allylic oxidation sites excluding steroid dienone is 1. The van der Waals surface area contributed by atoms with Gasteiger partial charge in [0.25, 0.3) is 0 Å².